The number of hydrogen-bond donors (Lipinski definition) is 1. The van der Waals surface area contributed by atoms with Gasteiger partial charge < -0.3 is 10.2 Å². The van der Waals surface area contributed by atoms with Gasteiger partial charge in [-0.05, 0) is 37.5 Å². The highest BCUT2D eigenvalue weighted by molar-refractivity contribution is 5.83. The molecule has 0 unspecified atom stereocenters. The van der Waals surface area contributed by atoms with Crippen molar-refractivity contribution in [2.75, 3.05) is 18.0 Å². The van der Waals surface area contributed by atoms with Crippen molar-refractivity contribution in [2.45, 2.75) is 39.2 Å². The molecule has 0 radical (unpaired) electrons. The van der Waals surface area contributed by atoms with Crippen LogP contribution in [0.5, 0.6) is 0 Å². The van der Waals surface area contributed by atoms with Gasteiger partial charge in [0.25, 0.3) is 0 Å². The second-order valence-electron chi connectivity index (χ2n) is 6.03. The standard InChI is InChI=1S/C15H22N2O/c1-11(2)12-5-7-13(8-6-12)17-9-14(18)16-15(3,4)10-17/h5-8,11H,9-10H2,1-4H3,(H,16,18). The van der Waals surface area contributed by atoms with Crippen molar-refractivity contribution >= 4 is 11.6 Å². The van der Waals surface area contributed by atoms with Crippen LogP contribution < -0.4 is 10.2 Å². The minimum atomic E-state index is -0.161. The van der Waals surface area contributed by atoms with Crippen LogP contribution in [0.1, 0.15) is 39.2 Å². The Morgan fingerprint density at radius 1 is 1.22 bits per heavy atom. The van der Waals surface area contributed by atoms with E-state index in [1.807, 2.05) is 0 Å². The molecule has 0 saturated carbocycles. The van der Waals surface area contributed by atoms with Crippen LogP contribution in [0.15, 0.2) is 24.3 Å². The summed E-state index contributed by atoms with van der Waals surface area (Å²) in [5.74, 6) is 0.638. The quantitative estimate of drug-likeness (QED) is 0.869. The van der Waals surface area contributed by atoms with Gasteiger partial charge in [0, 0.05) is 12.2 Å². The van der Waals surface area contributed by atoms with E-state index in [-0.39, 0.29) is 11.4 Å². The molecule has 1 saturated heterocycles. The van der Waals surface area contributed by atoms with Gasteiger partial charge in [0.15, 0.2) is 0 Å². The smallest absolute Gasteiger partial charge is 0.239 e. The number of nitrogens with zero attached hydrogens (tertiary/aromatic N) is 1. The molecule has 3 nitrogen and oxygen atoms in total. The van der Waals surface area contributed by atoms with E-state index in [2.05, 4.69) is 62.2 Å². The van der Waals surface area contributed by atoms with Gasteiger partial charge in [-0.3, -0.25) is 4.79 Å². The fourth-order valence-electron chi connectivity index (χ4n) is 2.42. The predicted molar refractivity (Wildman–Crippen MR) is 75.0 cm³/mol. The minimum Gasteiger partial charge on any atom is -0.360 e. The number of benzene rings is 1. The molecule has 1 aromatic carbocycles. The topological polar surface area (TPSA) is 32.3 Å². The zero-order valence-electron chi connectivity index (χ0n) is 11.7. The van der Waals surface area contributed by atoms with Gasteiger partial charge in [-0.2, -0.15) is 0 Å². The lowest BCUT2D eigenvalue weighted by molar-refractivity contribution is -0.122. The third-order valence-corrected chi connectivity index (χ3v) is 3.32. The molecule has 1 aliphatic rings. The van der Waals surface area contributed by atoms with Crippen LogP contribution in [0.2, 0.25) is 0 Å². The highest BCUT2D eigenvalue weighted by Crippen LogP contribution is 2.23. The Hall–Kier alpha value is -1.51. The molecule has 0 aromatic heterocycles. The lowest BCUT2D eigenvalue weighted by Crippen LogP contribution is -2.60. The van der Waals surface area contributed by atoms with Crippen molar-refractivity contribution in [3.63, 3.8) is 0 Å². The molecule has 1 N–H and O–H groups in total. The van der Waals surface area contributed by atoms with E-state index in [9.17, 15) is 4.79 Å². The summed E-state index contributed by atoms with van der Waals surface area (Å²) in [6.45, 7) is 9.78. The molecule has 0 aliphatic carbocycles. The normalized spacial score (nSPS) is 18.9. The van der Waals surface area contributed by atoms with E-state index in [0.29, 0.717) is 12.5 Å². The molecule has 2 rings (SSSR count). The van der Waals surface area contributed by atoms with Crippen molar-refractivity contribution < 1.29 is 4.79 Å². The SMILES string of the molecule is CC(C)c1ccc(N2CC(=O)NC(C)(C)C2)cc1. The van der Waals surface area contributed by atoms with Gasteiger partial charge in [0.1, 0.15) is 0 Å². The molecule has 1 aliphatic heterocycles. The molecule has 18 heavy (non-hydrogen) atoms. The first-order chi connectivity index (χ1) is 8.37. The van der Waals surface area contributed by atoms with Crippen LogP contribution in [0.3, 0.4) is 0 Å². The van der Waals surface area contributed by atoms with Crippen molar-refractivity contribution in [3.8, 4) is 0 Å². The van der Waals surface area contributed by atoms with Crippen molar-refractivity contribution in [3.05, 3.63) is 29.8 Å². The van der Waals surface area contributed by atoms with Crippen LogP contribution in [-0.2, 0) is 4.79 Å². The van der Waals surface area contributed by atoms with Crippen LogP contribution in [0.4, 0.5) is 5.69 Å². The summed E-state index contributed by atoms with van der Waals surface area (Å²) >= 11 is 0. The Labute approximate surface area is 109 Å². The van der Waals surface area contributed by atoms with Crippen molar-refractivity contribution in [2.24, 2.45) is 0 Å². The second kappa shape index (κ2) is 4.63. The molecule has 1 fully saturated rings. The first-order valence-electron chi connectivity index (χ1n) is 6.53. The fourth-order valence-corrected chi connectivity index (χ4v) is 2.42. The Morgan fingerprint density at radius 2 is 1.83 bits per heavy atom. The maximum Gasteiger partial charge on any atom is 0.239 e. The third-order valence-electron chi connectivity index (χ3n) is 3.32. The molecule has 1 amide bonds. The van der Waals surface area contributed by atoms with E-state index in [4.69, 9.17) is 0 Å². The Balaban J connectivity index is 2.18. The molecular formula is C15H22N2O. The first-order valence-corrected chi connectivity index (χ1v) is 6.53. The fraction of sp³-hybridized carbons (Fsp3) is 0.533. The molecule has 0 spiro atoms. The molecule has 1 heterocycles. The molecule has 0 bridgehead atoms. The van der Waals surface area contributed by atoms with Crippen molar-refractivity contribution in [1.82, 2.24) is 5.32 Å². The van der Waals surface area contributed by atoms with Gasteiger partial charge in [-0.1, -0.05) is 26.0 Å². The average Bonchev–Trinajstić information content (AvgIpc) is 2.26. The van der Waals surface area contributed by atoms with E-state index in [1.165, 1.54) is 5.56 Å². The monoisotopic (exact) mass is 246 g/mol. The van der Waals surface area contributed by atoms with Gasteiger partial charge in [0.05, 0.1) is 12.1 Å². The van der Waals surface area contributed by atoms with Crippen LogP contribution >= 0.6 is 0 Å². The molecule has 98 valence electrons. The number of anilines is 1. The molecule has 3 heteroatoms. The number of hydrogen-bond acceptors (Lipinski definition) is 2. The lowest BCUT2D eigenvalue weighted by Gasteiger charge is -2.39. The van der Waals surface area contributed by atoms with Gasteiger partial charge in [-0.15, -0.1) is 0 Å². The highest BCUT2D eigenvalue weighted by Gasteiger charge is 2.30. The average molecular weight is 246 g/mol. The third kappa shape index (κ3) is 2.84. The summed E-state index contributed by atoms with van der Waals surface area (Å²) < 4.78 is 0. The van der Waals surface area contributed by atoms with E-state index >= 15 is 0 Å². The van der Waals surface area contributed by atoms with Crippen molar-refractivity contribution in [1.29, 1.82) is 0 Å². The molecular weight excluding hydrogens is 224 g/mol. The van der Waals surface area contributed by atoms with Crippen LogP contribution in [0, 0.1) is 0 Å². The van der Waals surface area contributed by atoms with Gasteiger partial charge >= 0.3 is 0 Å². The van der Waals surface area contributed by atoms with Crippen LogP contribution in [0.25, 0.3) is 0 Å². The molecule has 1 aromatic rings. The zero-order chi connectivity index (χ0) is 13.3. The summed E-state index contributed by atoms with van der Waals surface area (Å²) in [7, 11) is 0. The van der Waals surface area contributed by atoms with E-state index in [1.54, 1.807) is 0 Å². The zero-order valence-corrected chi connectivity index (χ0v) is 11.7. The highest BCUT2D eigenvalue weighted by atomic mass is 16.2. The Kier molecular flexibility index (Phi) is 3.33. The van der Waals surface area contributed by atoms with Gasteiger partial charge in [0.2, 0.25) is 5.91 Å². The number of rotatable bonds is 2. The maximum absolute atomic E-state index is 11.7. The minimum absolute atomic E-state index is 0.0965. The van der Waals surface area contributed by atoms with E-state index in [0.717, 1.165) is 12.2 Å². The number of carbonyl (C=O) groups excluding carboxylic acids is 1. The first kappa shape index (κ1) is 12.9. The summed E-state index contributed by atoms with van der Waals surface area (Å²) in [5.41, 5.74) is 2.30. The Morgan fingerprint density at radius 3 is 2.33 bits per heavy atom. The summed E-state index contributed by atoms with van der Waals surface area (Å²) in [5, 5.41) is 3.00. The molecule has 0 atom stereocenters. The summed E-state index contributed by atoms with van der Waals surface area (Å²) in [6.07, 6.45) is 0. The number of carbonyl (C=O) groups is 1. The predicted octanol–water partition coefficient (Wildman–Crippen LogP) is 2.52. The van der Waals surface area contributed by atoms with E-state index < -0.39 is 0 Å². The van der Waals surface area contributed by atoms with Crippen LogP contribution in [-0.4, -0.2) is 24.5 Å². The summed E-state index contributed by atoms with van der Waals surface area (Å²) in [4.78, 5) is 13.8. The lowest BCUT2D eigenvalue weighted by atomic mass is 10.00. The Bertz CT molecular complexity index is 434. The summed E-state index contributed by atoms with van der Waals surface area (Å²) in [6, 6.07) is 8.53. The second-order valence-corrected chi connectivity index (χ2v) is 6.03. The maximum atomic E-state index is 11.7. The number of nitrogens with one attached hydrogen (secondary N) is 1. The number of amides is 1. The number of piperazine rings is 1. The largest absolute Gasteiger partial charge is 0.360 e. The van der Waals surface area contributed by atoms with Gasteiger partial charge in [-0.25, -0.2) is 0 Å².